The molecule has 28 heavy (non-hydrogen) atoms. The Morgan fingerprint density at radius 2 is 2.07 bits per heavy atom. The zero-order valence-electron chi connectivity index (χ0n) is 16.3. The Hall–Kier alpha value is -2.89. The van der Waals surface area contributed by atoms with Crippen LogP contribution in [0.25, 0.3) is 11.0 Å². The number of amides is 2. The average Bonchev–Trinajstić information content (AvgIpc) is 3.11. The molecule has 1 aliphatic carbocycles. The first kappa shape index (κ1) is 18.5. The quantitative estimate of drug-likeness (QED) is 0.696. The molecule has 0 unspecified atom stereocenters. The van der Waals surface area contributed by atoms with Gasteiger partial charge in [0.2, 0.25) is 0 Å². The van der Waals surface area contributed by atoms with E-state index in [1.807, 2.05) is 42.2 Å². The molecule has 4 rings (SSSR count). The van der Waals surface area contributed by atoms with Gasteiger partial charge in [-0.1, -0.05) is 31.4 Å². The van der Waals surface area contributed by atoms with E-state index in [-0.39, 0.29) is 12.1 Å². The first-order chi connectivity index (χ1) is 13.7. The van der Waals surface area contributed by atoms with Crippen LogP contribution in [0.15, 0.2) is 42.6 Å². The lowest BCUT2D eigenvalue weighted by molar-refractivity contribution is 0.149. The maximum atomic E-state index is 13.1. The number of hydrogen-bond acceptors (Lipinski definition) is 3. The van der Waals surface area contributed by atoms with Crippen molar-refractivity contribution in [3.8, 4) is 0 Å². The molecule has 3 aromatic rings. The van der Waals surface area contributed by atoms with E-state index in [9.17, 15) is 4.79 Å². The van der Waals surface area contributed by atoms with Crippen molar-refractivity contribution in [1.82, 2.24) is 25.2 Å². The van der Waals surface area contributed by atoms with Gasteiger partial charge in [-0.25, -0.2) is 9.78 Å². The largest absolute Gasteiger partial charge is 0.342 e. The summed E-state index contributed by atoms with van der Waals surface area (Å²) in [5.41, 5.74) is 3.94. The molecule has 6 heteroatoms. The maximum absolute atomic E-state index is 13.1. The second kappa shape index (κ2) is 8.42. The van der Waals surface area contributed by atoms with Crippen molar-refractivity contribution in [3.63, 3.8) is 0 Å². The monoisotopic (exact) mass is 377 g/mol. The number of carbonyl (C=O) groups is 1. The number of nitrogens with one attached hydrogen (secondary N) is 2. The molecule has 1 aromatic carbocycles. The number of pyridine rings is 1. The normalized spacial score (nSPS) is 14.9. The molecule has 0 bridgehead atoms. The summed E-state index contributed by atoms with van der Waals surface area (Å²) in [5.74, 6) is 0.898. The molecule has 1 saturated carbocycles. The molecule has 2 aromatic heterocycles. The van der Waals surface area contributed by atoms with Crippen molar-refractivity contribution in [2.45, 2.75) is 58.2 Å². The molecule has 0 spiro atoms. The van der Waals surface area contributed by atoms with Gasteiger partial charge < -0.3 is 15.2 Å². The highest BCUT2D eigenvalue weighted by Gasteiger charge is 2.25. The summed E-state index contributed by atoms with van der Waals surface area (Å²) in [4.78, 5) is 27.1. The third-order valence-corrected chi connectivity index (χ3v) is 5.44. The molecule has 1 fully saturated rings. The van der Waals surface area contributed by atoms with Gasteiger partial charge in [0.1, 0.15) is 5.82 Å². The summed E-state index contributed by atoms with van der Waals surface area (Å²) in [5, 5.41) is 3.11. The lowest BCUT2D eigenvalue weighted by Crippen LogP contribution is -2.46. The van der Waals surface area contributed by atoms with E-state index in [0.717, 1.165) is 41.0 Å². The number of aromatic amines is 1. The van der Waals surface area contributed by atoms with Crippen molar-refractivity contribution >= 4 is 17.1 Å². The predicted molar refractivity (Wildman–Crippen MR) is 110 cm³/mol. The van der Waals surface area contributed by atoms with E-state index < -0.39 is 0 Å². The van der Waals surface area contributed by atoms with Crippen LogP contribution >= 0.6 is 0 Å². The fourth-order valence-electron chi connectivity index (χ4n) is 4.00. The maximum Gasteiger partial charge on any atom is 0.318 e. The number of nitrogens with zero attached hydrogens (tertiary/aromatic N) is 3. The summed E-state index contributed by atoms with van der Waals surface area (Å²) in [7, 11) is 0. The lowest BCUT2D eigenvalue weighted by atomic mass is 9.94. The Morgan fingerprint density at radius 1 is 1.21 bits per heavy atom. The first-order valence-electron chi connectivity index (χ1n) is 10.1. The van der Waals surface area contributed by atoms with E-state index in [2.05, 4.69) is 26.3 Å². The summed E-state index contributed by atoms with van der Waals surface area (Å²) >= 11 is 0. The Balaban J connectivity index is 1.45. The highest BCUT2D eigenvalue weighted by Crippen LogP contribution is 2.24. The van der Waals surface area contributed by atoms with Gasteiger partial charge in [-0.05, 0) is 49.6 Å². The molecule has 0 saturated heterocycles. The molecule has 1 aliphatic rings. The van der Waals surface area contributed by atoms with Crippen molar-refractivity contribution in [2.75, 3.05) is 0 Å². The zero-order valence-corrected chi connectivity index (χ0v) is 16.3. The first-order valence-corrected chi connectivity index (χ1v) is 10.1. The lowest BCUT2D eigenvalue weighted by Gasteiger charge is -2.34. The van der Waals surface area contributed by atoms with Crippen molar-refractivity contribution in [1.29, 1.82) is 0 Å². The Bertz CT molecular complexity index is 931. The number of urea groups is 1. The van der Waals surface area contributed by atoms with Gasteiger partial charge in [0.15, 0.2) is 0 Å². The molecule has 2 heterocycles. The molecular weight excluding hydrogens is 350 g/mol. The third-order valence-electron chi connectivity index (χ3n) is 5.44. The van der Waals surface area contributed by atoms with Gasteiger partial charge >= 0.3 is 6.03 Å². The number of benzene rings is 1. The van der Waals surface area contributed by atoms with Crippen LogP contribution in [0.1, 0.15) is 49.2 Å². The average molecular weight is 377 g/mol. The molecule has 2 amide bonds. The van der Waals surface area contributed by atoms with Crippen molar-refractivity contribution in [3.05, 3.63) is 59.7 Å². The van der Waals surface area contributed by atoms with Crippen LogP contribution in [-0.4, -0.2) is 31.9 Å². The minimum Gasteiger partial charge on any atom is -0.342 e. The topological polar surface area (TPSA) is 73.9 Å². The van der Waals surface area contributed by atoms with Crippen LogP contribution < -0.4 is 5.32 Å². The van der Waals surface area contributed by atoms with Gasteiger partial charge in [-0.15, -0.1) is 0 Å². The Kier molecular flexibility index (Phi) is 5.55. The van der Waals surface area contributed by atoms with Gasteiger partial charge in [0, 0.05) is 18.8 Å². The SMILES string of the molecule is Cc1nc2ccc(CNC(=O)N(Cc3ccccn3)C3CCCCC3)cc2[nH]1. The number of H-pyrrole nitrogens is 1. The number of hydrogen-bond donors (Lipinski definition) is 2. The minimum absolute atomic E-state index is 0.0153. The molecule has 2 N–H and O–H groups in total. The number of fused-ring (bicyclic) bond motifs is 1. The second-order valence-electron chi connectivity index (χ2n) is 7.57. The van der Waals surface area contributed by atoms with E-state index in [0.29, 0.717) is 13.1 Å². The minimum atomic E-state index is -0.0153. The second-order valence-corrected chi connectivity index (χ2v) is 7.57. The standard InChI is InChI=1S/C22H27N5O/c1-16-25-20-11-10-17(13-21(20)26-16)14-24-22(28)27(19-8-3-2-4-9-19)15-18-7-5-6-12-23-18/h5-7,10-13,19H,2-4,8-9,14-15H2,1H3,(H,24,28)(H,25,26). The van der Waals surface area contributed by atoms with Crippen LogP contribution in [-0.2, 0) is 13.1 Å². The fourth-order valence-corrected chi connectivity index (χ4v) is 4.00. The van der Waals surface area contributed by atoms with Crippen molar-refractivity contribution in [2.24, 2.45) is 0 Å². The van der Waals surface area contributed by atoms with E-state index in [1.165, 1.54) is 19.3 Å². The summed E-state index contributed by atoms with van der Waals surface area (Å²) < 4.78 is 0. The van der Waals surface area contributed by atoms with E-state index >= 15 is 0 Å². The van der Waals surface area contributed by atoms with Gasteiger partial charge in [-0.2, -0.15) is 0 Å². The Morgan fingerprint density at radius 3 is 2.86 bits per heavy atom. The number of imidazole rings is 1. The molecule has 6 nitrogen and oxygen atoms in total. The van der Waals surface area contributed by atoms with Crippen LogP contribution in [0.4, 0.5) is 4.79 Å². The van der Waals surface area contributed by atoms with Gasteiger partial charge in [0.05, 0.1) is 23.3 Å². The summed E-state index contributed by atoms with van der Waals surface area (Å²) in [6.45, 7) is 3.00. The summed E-state index contributed by atoms with van der Waals surface area (Å²) in [6.07, 6.45) is 7.56. The molecule has 0 atom stereocenters. The molecular formula is C22H27N5O. The zero-order chi connectivity index (χ0) is 19.3. The molecule has 0 radical (unpaired) electrons. The van der Waals surface area contributed by atoms with Gasteiger partial charge in [0.25, 0.3) is 0 Å². The van der Waals surface area contributed by atoms with Crippen LogP contribution in [0.2, 0.25) is 0 Å². The number of rotatable bonds is 5. The molecule has 146 valence electrons. The number of aromatic nitrogens is 3. The highest BCUT2D eigenvalue weighted by molar-refractivity contribution is 5.77. The van der Waals surface area contributed by atoms with Gasteiger partial charge in [-0.3, -0.25) is 4.98 Å². The van der Waals surface area contributed by atoms with Crippen LogP contribution in [0.5, 0.6) is 0 Å². The Labute approximate surface area is 165 Å². The fraction of sp³-hybridized carbons (Fsp3) is 0.409. The number of carbonyl (C=O) groups excluding carboxylic acids is 1. The van der Waals surface area contributed by atoms with Crippen LogP contribution in [0, 0.1) is 6.92 Å². The highest BCUT2D eigenvalue weighted by atomic mass is 16.2. The van der Waals surface area contributed by atoms with E-state index in [1.54, 1.807) is 6.20 Å². The van der Waals surface area contributed by atoms with E-state index in [4.69, 9.17) is 0 Å². The van der Waals surface area contributed by atoms with Crippen molar-refractivity contribution < 1.29 is 4.79 Å². The summed E-state index contributed by atoms with van der Waals surface area (Å²) in [6, 6.07) is 12.2. The predicted octanol–water partition coefficient (Wildman–Crippen LogP) is 4.31. The molecule has 0 aliphatic heterocycles. The van der Waals surface area contributed by atoms with Crippen LogP contribution in [0.3, 0.4) is 0 Å². The third kappa shape index (κ3) is 4.32. The number of aryl methyl sites for hydroxylation is 1. The smallest absolute Gasteiger partial charge is 0.318 e.